The van der Waals surface area contributed by atoms with Crippen molar-refractivity contribution in [1.29, 1.82) is 0 Å². The summed E-state index contributed by atoms with van der Waals surface area (Å²) in [7, 11) is 0. The molecule has 1 aromatic carbocycles. The Balaban J connectivity index is 0.00000196. The maximum atomic E-state index is 14.3. The number of anilines is 1. The van der Waals surface area contributed by atoms with Crippen LogP contribution in [0.5, 0.6) is 0 Å². The molecule has 3 aliphatic rings. The first-order chi connectivity index (χ1) is 21.6. The molecule has 0 bridgehead atoms. The molecule has 45 heavy (non-hydrogen) atoms. The number of likely N-dealkylation sites (tertiary alicyclic amines) is 1. The third kappa shape index (κ3) is 7.30. The number of carbonyl (C=O) groups excluding carboxylic acids is 1. The predicted octanol–water partition coefficient (Wildman–Crippen LogP) is 5.68. The van der Waals surface area contributed by atoms with Crippen molar-refractivity contribution in [3.05, 3.63) is 58.0 Å². The summed E-state index contributed by atoms with van der Waals surface area (Å²) in [4.78, 5) is 26.9. The molecule has 6 rings (SSSR count). The summed E-state index contributed by atoms with van der Waals surface area (Å²) < 4.78 is 65.0. The van der Waals surface area contributed by atoms with Crippen LogP contribution in [-0.2, 0) is 23.9 Å². The lowest BCUT2D eigenvalue weighted by Gasteiger charge is -2.37. The number of amides is 1. The van der Waals surface area contributed by atoms with Gasteiger partial charge < -0.3 is 24.4 Å². The molecular weight excluding hydrogens is 592 g/mol. The zero-order chi connectivity index (χ0) is 32.3. The molecule has 2 atom stereocenters. The predicted molar refractivity (Wildman–Crippen MR) is 161 cm³/mol. The molecule has 3 aromatic rings. The van der Waals surface area contributed by atoms with E-state index in [4.69, 9.17) is 14.2 Å². The van der Waals surface area contributed by atoms with Crippen molar-refractivity contribution < 1.29 is 31.6 Å². The Morgan fingerprint density at radius 2 is 1.78 bits per heavy atom. The van der Waals surface area contributed by atoms with Gasteiger partial charge in [-0.3, -0.25) is 4.79 Å². The Labute approximate surface area is 260 Å². The molecule has 1 amide bonds. The average molecular weight is 633 g/mol. The van der Waals surface area contributed by atoms with Crippen LogP contribution in [-0.4, -0.2) is 77.0 Å². The Hall–Kier alpha value is -3.58. The van der Waals surface area contributed by atoms with E-state index in [0.29, 0.717) is 80.3 Å². The highest BCUT2D eigenvalue weighted by molar-refractivity contribution is 5.95. The number of carbonyl (C=O) groups is 1. The van der Waals surface area contributed by atoms with E-state index in [1.807, 2.05) is 18.7 Å². The normalized spacial score (nSPS) is 20.8. The summed E-state index contributed by atoms with van der Waals surface area (Å²) in [6.45, 7) is 9.81. The molecule has 2 fully saturated rings. The van der Waals surface area contributed by atoms with Gasteiger partial charge in [0.25, 0.3) is 5.91 Å². The van der Waals surface area contributed by atoms with Gasteiger partial charge in [-0.15, -0.1) is 0 Å². The van der Waals surface area contributed by atoms with E-state index >= 15 is 0 Å². The van der Waals surface area contributed by atoms with E-state index < -0.39 is 17.9 Å². The second kappa shape index (κ2) is 13.8. The van der Waals surface area contributed by atoms with Gasteiger partial charge in [0.2, 0.25) is 0 Å². The molecule has 2 saturated heterocycles. The van der Waals surface area contributed by atoms with Crippen LogP contribution in [0.25, 0.3) is 11.5 Å². The average Bonchev–Trinajstić information content (AvgIpc) is 3.48. The highest BCUT2D eigenvalue weighted by Gasteiger charge is 2.34. The molecule has 9 nitrogen and oxygen atoms in total. The number of alkyl halides is 4. The SMILES string of the molecule is CC.Cc1cc(-c2nc(C(=O)N3CCC(NC4CCOCC4F)CC3)c(C)c(N3CCc4ccc(C(F)(F)F)cc4C3)n2)no1. The summed E-state index contributed by atoms with van der Waals surface area (Å²) in [6.07, 6.45) is -2.99. The minimum absolute atomic E-state index is 0.0936. The summed E-state index contributed by atoms with van der Waals surface area (Å²) in [6, 6.07) is 5.36. The molecule has 2 aromatic heterocycles. The van der Waals surface area contributed by atoms with Gasteiger partial charge in [0.15, 0.2) is 11.5 Å². The molecule has 0 radical (unpaired) electrons. The van der Waals surface area contributed by atoms with E-state index in [1.54, 1.807) is 24.8 Å². The Kier molecular flexibility index (Phi) is 10.1. The third-order valence-corrected chi connectivity index (χ3v) is 8.54. The van der Waals surface area contributed by atoms with Gasteiger partial charge in [0, 0.05) is 56.5 Å². The molecule has 1 N–H and O–H groups in total. The first kappa shape index (κ1) is 32.8. The topological polar surface area (TPSA) is 96.6 Å². The summed E-state index contributed by atoms with van der Waals surface area (Å²) >= 11 is 0. The lowest BCUT2D eigenvalue weighted by Crippen LogP contribution is -2.52. The van der Waals surface area contributed by atoms with E-state index in [9.17, 15) is 22.4 Å². The first-order valence-electron chi connectivity index (χ1n) is 15.6. The summed E-state index contributed by atoms with van der Waals surface area (Å²) in [5.74, 6) is 0.977. The molecule has 0 aliphatic carbocycles. The molecule has 0 spiro atoms. The van der Waals surface area contributed by atoms with Gasteiger partial charge in [-0.2, -0.15) is 13.2 Å². The zero-order valence-corrected chi connectivity index (χ0v) is 26.1. The van der Waals surface area contributed by atoms with Gasteiger partial charge in [-0.25, -0.2) is 14.4 Å². The zero-order valence-electron chi connectivity index (χ0n) is 26.1. The lowest BCUT2D eigenvalue weighted by molar-refractivity contribution is -0.137. The van der Waals surface area contributed by atoms with Crippen LogP contribution >= 0.6 is 0 Å². The van der Waals surface area contributed by atoms with E-state index in [0.717, 1.165) is 11.6 Å². The first-order valence-corrected chi connectivity index (χ1v) is 15.6. The fourth-order valence-electron chi connectivity index (χ4n) is 6.11. The molecule has 13 heteroatoms. The van der Waals surface area contributed by atoms with Crippen LogP contribution < -0.4 is 10.2 Å². The van der Waals surface area contributed by atoms with Crippen molar-refractivity contribution in [2.75, 3.05) is 37.7 Å². The van der Waals surface area contributed by atoms with E-state index in [2.05, 4.69) is 15.5 Å². The second-order valence-corrected chi connectivity index (χ2v) is 11.5. The lowest BCUT2D eigenvalue weighted by atomic mass is 9.96. The van der Waals surface area contributed by atoms with Crippen LogP contribution in [0, 0.1) is 13.8 Å². The largest absolute Gasteiger partial charge is 0.416 e. The number of rotatable bonds is 5. The molecule has 5 heterocycles. The van der Waals surface area contributed by atoms with Crippen molar-refractivity contribution in [2.24, 2.45) is 0 Å². The fraction of sp³-hybridized carbons (Fsp3) is 0.562. The van der Waals surface area contributed by atoms with Crippen LogP contribution in [0.4, 0.5) is 23.4 Å². The van der Waals surface area contributed by atoms with Gasteiger partial charge >= 0.3 is 6.18 Å². The minimum atomic E-state index is -4.44. The van der Waals surface area contributed by atoms with E-state index in [1.165, 1.54) is 12.1 Å². The monoisotopic (exact) mass is 632 g/mol. The number of aromatic nitrogens is 3. The highest BCUT2D eigenvalue weighted by atomic mass is 19.4. The smallest absolute Gasteiger partial charge is 0.378 e. The van der Waals surface area contributed by atoms with Gasteiger partial charge in [0.1, 0.15) is 23.4 Å². The standard InChI is InChI=1S/C30H34F4N6O3.C2H6/c1-17-13-25(38-43-17)27-36-26(29(41)39-10-6-22(7-11-39)35-24-8-12-42-16-23(24)31)18(2)28(37-27)40-9-5-19-3-4-21(30(32,33)34)14-20(19)15-40;1-2/h3-4,13-14,22-24,35H,5-12,15-16H2,1-2H3;1-2H3. The maximum absolute atomic E-state index is 14.3. The van der Waals surface area contributed by atoms with Gasteiger partial charge in [-0.1, -0.05) is 25.1 Å². The molecular formula is C32H40F4N6O3. The highest BCUT2D eigenvalue weighted by Crippen LogP contribution is 2.34. The number of benzene rings is 1. The number of hydrogen-bond acceptors (Lipinski definition) is 8. The number of hydrogen-bond donors (Lipinski definition) is 1. The van der Waals surface area contributed by atoms with E-state index in [-0.39, 0.29) is 42.7 Å². The maximum Gasteiger partial charge on any atom is 0.416 e. The number of halogens is 4. The third-order valence-electron chi connectivity index (χ3n) is 8.54. The van der Waals surface area contributed by atoms with Gasteiger partial charge in [0.05, 0.1) is 12.2 Å². The van der Waals surface area contributed by atoms with Crippen LogP contribution in [0.3, 0.4) is 0 Å². The fourth-order valence-corrected chi connectivity index (χ4v) is 6.11. The van der Waals surface area contributed by atoms with Crippen LogP contribution in [0.15, 0.2) is 28.8 Å². The van der Waals surface area contributed by atoms with Crippen molar-refractivity contribution in [3.8, 4) is 11.5 Å². The summed E-state index contributed by atoms with van der Waals surface area (Å²) in [5.41, 5.74) is 1.86. The second-order valence-electron chi connectivity index (χ2n) is 11.5. The number of ether oxygens (including phenoxy) is 1. The Bertz CT molecular complexity index is 1490. The molecule has 2 unspecified atom stereocenters. The van der Waals surface area contributed by atoms with Crippen LogP contribution in [0.1, 0.15) is 71.6 Å². The Morgan fingerprint density at radius 1 is 1.02 bits per heavy atom. The number of nitrogens with zero attached hydrogens (tertiary/aromatic N) is 5. The molecule has 244 valence electrons. The number of aryl methyl sites for hydroxylation is 1. The Morgan fingerprint density at radius 3 is 2.44 bits per heavy atom. The number of piperidine rings is 1. The van der Waals surface area contributed by atoms with Crippen molar-refractivity contribution in [2.45, 2.75) is 84.4 Å². The van der Waals surface area contributed by atoms with Crippen LogP contribution in [0.2, 0.25) is 0 Å². The van der Waals surface area contributed by atoms with Crippen molar-refractivity contribution in [3.63, 3.8) is 0 Å². The molecule has 3 aliphatic heterocycles. The van der Waals surface area contributed by atoms with Crippen molar-refractivity contribution in [1.82, 2.24) is 25.3 Å². The van der Waals surface area contributed by atoms with Crippen molar-refractivity contribution >= 4 is 11.7 Å². The van der Waals surface area contributed by atoms with Gasteiger partial charge in [-0.05, 0) is 62.8 Å². The number of nitrogens with one attached hydrogen (secondary N) is 1. The minimum Gasteiger partial charge on any atom is -0.378 e. The quantitative estimate of drug-likeness (QED) is 0.359. The summed E-state index contributed by atoms with van der Waals surface area (Å²) in [5, 5.41) is 7.45. The number of fused-ring (bicyclic) bond motifs is 1. The molecule has 0 saturated carbocycles.